The summed E-state index contributed by atoms with van der Waals surface area (Å²) in [6.07, 6.45) is 1.52. The summed E-state index contributed by atoms with van der Waals surface area (Å²) in [7, 11) is -7.77. The second kappa shape index (κ2) is 10.3. The second-order valence-corrected chi connectivity index (χ2v) is 12.1. The van der Waals surface area contributed by atoms with Gasteiger partial charge in [-0.3, -0.25) is 4.79 Å². The Labute approximate surface area is 196 Å². The summed E-state index contributed by atoms with van der Waals surface area (Å²) >= 11 is 0. The fourth-order valence-electron chi connectivity index (χ4n) is 3.59. The zero-order chi connectivity index (χ0) is 24.1. The van der Waals surface area contributed by atoms with Gasteiger partial charge >= 0.3 is 0 Å². The van der Waals surface area contributed by atoms with Crippen LogP contribution in [0.1, 0.15) is 29.3 Å². The average Bonchev–Trinajstić information content (AvgIpc) is 2.80. The summed E-state index contributed by atoms with van der Waals surface area (Å²) in [5.74, 6) is -0.592. The van der Waals surface area contributed by atoms with Crippen molar-refractivity contribution < 1.29 is 17.4 Å². The molecule has 0 fully saturated rings. The molecule has 0 saturated heterocycles. The number of carbonyl (C=O) groups excluding carboxylic acids is 1. The lowest BCUT2D eigenvalue weighted by molar-refractivity contribution is 0.0965. The molecule has 3 aromatic rings. The second-order valence-electron chi connectivity index (χ2n) is 7.92. The van der Waals surface area contributed by atoms with E-state index >= 15 is 0 Å². The molecule has 0 radical (unpaired) electrons. The third-order valence-corrected chi connectivity index (χ3v) is 10.3. The highest BCUT2D eigenvalue weighted by molar-refractivity contribution is 8.03. The lowest BCUT2D eigenvalue weighted by Crippen LogP contribution is -2.29. The Kier molecular flexibility index (Phi) is 7.66. The highest BCUT2D eigenvalue weighted by Crippen LogP contribution is 2.30. The molecule has 0 heterocycles. The Hall–Kier alpha value is -3.03. The van der Waals surface area contributed by atoms with E-state index in [-0.39, 0.29) is 22.0 Å². The van der Waals surface area contributed by atoms with Crippen LogP contribution in [-0.4, -0.2) is 23.7 Å². The van der Waals surface area contributed by atoms with E-state index in [1.807, 2.05) is 13.0 Å². The topological polar surface area (TPSA) is 80.6 Å². The molecule has 0 unspecified atom stereocenters. The van der Waals surface area contributed by atoms with Gasteiger partial charge in [0, 0.05) is 16.9 Å². The maximum atomic E-state index is 14.4. The van der Waals surface area contributed by atoms with E-state index in [1.165, 1.54) is 18.2 Å². The monoisotopic (exact) mass is 481 g/mol. The Morgan fingerprint density at radius 2 is 1.42 bits per heavy atom. The quantitative estimate of drug-likeness (QED) is 0.291. The van der Waals surface area contributed by atoms with E-state index in [0.29, 0.717) is 5.56 Å². The molecule has 3 atom stereocenters. The van der Waals surface area contributed by atoms with Gasteiger partial charge < -0.3 is 0 Å². The van der Waals surface area contributed by atoms with Crippen LogP contribution in [-0.2, 0) is 19.8 Å². The standard InChI is InChI=1S/C26H27NO4S2/c1-4-26(21(3)19-25(28)22-11-7-5-8-12-22)32(29,23-13-9-6-10-14-23)27-33(30,31)24-17-15-20(2)16-18-24/h4-18,21,26H,1,19H2,2-3H3/t21-,26-,32-/m1/s1. The first-order valence-corrected chi connectivity index (χ1v) is 13.5. The lowest BCUT2D eigenvalue weighted by atomic mass is 9.97. The molecule has 0 saturated carbocycles. The van der Waals surface area contributed by atoms with E-state index in [4.69, 9.17) is 0 Å². The third-order valence-electron chi connectivity index (χ3n) is 5.37. The van der Waals surface area contributed by atoms with Gasteiger partial charge in [0.05, 0.1) is 19.9 Å². The number of hydrogen-bond acceptors (Lipinski definition) is 4. The van der Waals surface area contributed by atoms with Gasteiger partial charge in [0.1, 0.15) is 0 Å². The molecule has 0 N–H and O–H groups in total. The van der Waals surface area contributed by atoms with E-state index < -0.39 is 30.9 Å². The van der Waals surface area contributed by atoms with Crippen LogP contribution in [0.3, 0.4) is 0 Å². The Balaban J connectivity index is 2.10. The summed E-state index contributed by atoms with van der Waals surface area (Å²) in [6, 6.07) is 23.4. The number of hydrogen-bond donors (Lipinski definition) is 0. The number of sulfonamides is 1. The molecule has 0 amide bonds. The van der Waals surface area contributed by atoms with Crippen LogP contribution < -0.4 is 0 Å². The molecule has 0 aromatic heterocycles. The molecule has 33 heavy (non-hydrogen) atoms. The molecule has 0 aliphatic carbocycles. The molecular weight excluding hydrogens is 454 g/mol. The molecule has 0 bridgehead atoms. The van der Waals surface area contributed by atoms with Crippen LogP contribution in [0.25, 0.3) is 0 Å². The predicted octanol–water partition coefficient (Wildman–Crippen LogP) is 5.67. The van der Waals surface area contributed by atoms with Crippen LogP contribution in [0.15, 0.2) is 111 Å². The van der Waals surface area contributed by atoms with Crippen molar-refractivity contribution >= 4 is 25.5 Å². The number of rotatable bonds is 9. The minimum atomic E-state index is -4.24. The SMILES string of the molecule is C=C[C@H]([C@H](C)CC(=O)c1ccccc1)[S@@](=O)(=NS(=O)(=O)c1ccc(C)cc1)c1ccccc1. The summed E-state index contributed by atoms with van der Waals surface area (Å²) in [5.41, 5.74) is 1.44. The Morgan fingerprint density at radius 3 is 1.97 bits per heavy atom. The summed E-state index contributed by atoms with van der Waals surface area (Å²) in [6.45, 7) is 7.44. The smallest absolute Gasteiger partial charge is 0.290 e. The van der Waals surface area contributed by atoms with Gasteiger partial charge in [0.25, 0.3) is 10.0 Å². The van der Waals surface area contributed by atoms with Crippen LogP contribution >= 0.6 is 0 Å². The first-order chi connectivity index (χ1) is 15.7. The molecule has 172 valence electrons. The van der Waals surface area contributed by atoms with Crippen molar-refractivity contribution in [2.45, 2.75) is 35.3 Å². The molecule has 0 spiro atoms. The van der Waals surface area contributed by atoms with Crippen molar-refractivity contribution in [2.24, 2.45) is 9.69 Å². The summed E-state index contributed by atoms with van der Waals surface area (Å²) in [5, 5.41) is -0.868. The number of benzene rings is 3. The van der Waals surface area contributed by atoms with Crippen molar-refractivity contribution in [1.82, 2.24) is 0 Å². The van der Waals surface area contributed by atoms with Crippen molar-refractivity contribution in [2.75, 3.05) is 0 Å². The van der Waals surface area contributed by atoms with E-state index in [9.17, 15) is 17.4 Å². The van der Waals surface area contributed by atoms with Gasteiger partial charge in [-0.25, -0.2) is 4.21 Å². The highest BCUT2D eigenvalue weighted by atomic mass is 32.3. The normalized spacial score (nSPS) is 15.1. The maximum Gasteiger partial charge on any atom is 0.290 e. The largest absolute Gasteiger partial charge is 0.294 e. The zero-order valence-corrected chi connectivity index (χ0v) is 20.3. The van der Waals surface area contributed by atoms with Crippen LogP contribution in [0.5, 0.6) is 0 Å². The van der Waals surface area contributed by atoms with Gasteiger partial charge in [-0.15, -0.1) is 10.3 Å². The van der Waals surface area contributed by atoms with E-state index in [1.54, 1.807) is 73.7 Å². The molecule has 0 aliphatic rings. The van der Waals surface area contributed by atoms with Crippen molar-refractivity contribution in [3.63, 3.8) is 0 Å². The van der Waals surface area contributed by atoms with Gasteiger partial charge in [0.15, 0.2) is 5.78 Å². The average molecular weight is 482 g/mol. The fraction of sp³-hybridized carbons (Fsp3) is 0.192. The molecule has 0 aliphatic heterocycles. The summed E-state index contributed by atoms with van der Waals surface area (Å²) in [4.78, 5) is 13.0. The van der Waals surface area contributed by atoms with E-state index in [0.717, 1.165) is 5.56 Å². The van der Waals surface area contributed by atoms with E-state index in [2.05, 4.69) is 10.3 Å². The van der Waals surface area contributed by atoms with Gasteiger partial charge in [0.2, 0.25) is 0 Å². The van der Waals surface area contributed by atoms with Crippen LogP contribution in [0, 0.1) is 12.8 Å². The number of carbonyl (C=O) groups is 1. The Bertz CT molecular complexity index is 1340. The van der Waals surface area contributed by atoms with Crippen molar-refractivity contribution in [1.29, 1.82) is 0 Å². The minimum absolute atomic E-state index is 0.0346. The number of Topliss-reactive ketones (excluding diaryl/α,β-unsaturated/α-hetero) is 1. The van der Waals surface area contributed by atoms with Gasteiger partial charge in [-0.05, 0) is 37.1 Å². The van der Waals surface area contributed by atoms with Crippen LogP contribution in [0.2, 0.25) is 0 Å². The van der Waals surface area contributed by atoms with Crippen molar-refractivity contribution in [3.05, 3.63) is 109 Å². The first-order valence-electron chi connectivity index (χ1n) is 10.5. The number of ketones is 1. The van der Waals surface area contributed by atoms with Crippen LogP contribution in [0.4, 0.5) is 0 Å². The minimum Gasteiger partial charge on any atom is -0.294 e. The molecule has 5 nitrogen and oxygen atoms in total. The van der Waals surface area contributed by atoms with Gasteiger partial charge in [-0.2, -0.15) is 8.42 Å². The van der Waals surface area contributed by atoms with Gasteiger partial charge in [-0.1, -0.05) is 79.2 Å². The first kappa shape index (κ1) is 24.6. The molecular formula is C26H27NO4S2. The van der Waals surface area contributed by atoms with Crippen molar-refractivity contribution in [3.8, 4) is 0 Å². The predicted molar refractivity (Wildman–Crippen MR) is 132 cm³/mol. The summed E-state index contributed by atoms with van der Waals surface area (Å²) < 4.78 is 44.7. The molecule has 7 heteroatoms. The maximum absolute atomic E-state index is 14.4. The highest BCUT2D eigenvalue weighted by Gasteiger charge is 2.32. The molecule has 3 aromatic carbocycles. The Morgan fingerprint density at radius 1 is 0.879 bits per heavy atom. The lowest BCUT2D eigenvalue weighted by Gasteiger charge is -2.24. The number of nitrogens with zero attached hydrogens (tertiary/aromatic N) is 1. The fourth-order valence-corrected chi connectivity index (χ4v) is 8.17. The number of aryl methyl sites for hydroxylation is 1. The molecule has 3 rings (SSSR count). The zero-order valence-electron chi connectivity index (χ0n) is 18.6. The third kappa shape index (κ3) is 5.67.